The summed E-state index contributed by atoms with van der Waals surface area (Å²) in [6.07, 6.45) is 3.50. The summed E-state index contributed by atoms with van der Waals surface area (Å²) >= 11 is 0. The average molecular weight is 155 g/mol. The summed E-state index contributed by atoms with van der Waals surface area (Å²) in [7, 11) is 0. The second kappa shape index (κ2) is 9.43. The Morgan fingerprint density at radius 2 is 2.10 bits per heavy atom. The molecule has 0 saturated heterocycles. The molecule has 0 atom stereocenters. The first-order valence-electron chi connectivity index (χ1n) is 3.20. The van der Waals surface area contributed by atoms with Gasteiger partial charge < -0.3 is 4.84 Å². The Bertz CT molecular complexity index is 87.8. The van der Waals surface area contributed by atoms with Gasteiger partial charge in [0, 0.05) is 6.42 Å². The molecule has 0 rings (SSSR count). The van der Waals surface area contributed by atoms with Gasteiger partial charge in [-0.3, -0.25) is 4.79 Å². The van der Waals surface area contributed by atoms with Crippen molar-refractivity contribution in [2.24, 2.45) is 5.90 Å². The van der Waals surface area contributed by atoms with E-state index in [0.717, 1.165) is 19.3 Å². The first-order chi connectivity index (χ1) is 4.31. The van der Waals surface area contributed by atoms with Gasteiger partial charge in [-0.05, 0) is 6.42 Å². The van der Waals surface area contributed by atoms with Gasteiger partial charge in [-0.2, -0.15) is 5.90 Å². The molecule has 3 nitrogen and oxygen atoms in total. The van der Waals surface area contributed by atoms with Crippen molar-refractivity contribution < 1.29 is 9.63 Å². The van der Waals surface area contributed by atoms with Gasteiger partial charge >= 0.3 is 35.5 Å². The number of carbonyl (C=O) groups is 1. The number of nitrogens with two attached hydrogens (primary N) is 1. The van der Waals surface area contributed by atoms with E-state index in [1.165, 1.54) is 0 Å². The average Bonchev–Trinajstić information content (AvgIpc) is 1.89. The van der Waals surface area contributed by atoms with Crippen LogP contribution in [-0.4, -0.2) is 35.5 Å². The molecule has 0 bridgehead atoms. The fourth-order valence-electron chi connectivity index (χ4n) is 0.578. The van der Waals surface area contributed by atoms with Crippen LogP contribution in [0.2, 0.25) is 0 Å². The zero-order valence-corrected chi connectivity index (χ0v) is 5.72. The van der Waals surface area contributed by atoms with Crippen LogP contribution in [0, 0.1) is 0 Å². The molecule has 0 aromatic carbocycles. The van der Waals surface area contributed by atoms with Crippen molar-refractivity contribution in [1.29, 1.82) is 0 Å². The number of carbonyl (C=O) groups excluding carboxylic acids is 1. The molecule has 0 aliphatic heterocycles. The quantitative estimate of drug-likeness (QED) is 0.361. The molecule has 4 heteroatoms. The molecule has 0 saturated carbocycles. The van der Waals surface area contributed by atoms with Crippen LogP contribution in [0.5, 0.6) is 0 Å². The summed E-state index contributed by atoms with van der Waals surface area (Å²) in [5.41, 5.74) is 0. The first-order valence-corrected chi connectivity index (χ1v) is 3.20. The number of unbranched alkanes of at least 4 members (excludes halogenated alkanes) is 2. The Balaban J connectivity index is 0. The molecule has 56 valence electrons. The Morgan fingerprint density at radius 1 is 1.50 bits per heavy atom. The third-order valence-electron chi connectivity index (χ3n) is 1.12. The monoisotopic (exact) mass is 155 g/mol. The maximum atomic E-state index is 10.3. The van der Waals surface area contributed by atoms with Crippen molar-refractivity contribution in [3.8, 4) is 0 Å². The molecule has 0 fully saturated rings. The molecule has 0 radical (unpaired) electrons. The van der Waals surface area contributed by atoms with Crippen LogP contribution in [0.1, 0.15) is 32.6 Å². The van der Waals surface area contributed by atoms with E-state index in [-0.39, 0.29) is 35.5 Å². The van der Waals surface area contributed by atoms with E-state index < -0.39 is 0 Å². The Morgan fingerprint density at radius 3 is 2.50 bits per heavy atom. The number of rotatable bonds is 4. The summed E-state index contributed by atoms with van der Waals surface area (Å²) in [6, 6.07) is 0. The standard InChI is InChI=1S/C6H13NO2.Na.H/c1-2-3-4-5-6(8)9-7;;/h2-5,7H2,1H3;;. The normalized spacial score (nSPS) is 8.20. The van der Waals surface area contributed by atoms with Gasteiger partial charge in [0.1, 0.15) is 0 Å². The molecule has 0 aromatic heterocycles. The second-order valence-corrected chi connectivity index (χ2v) is 1.95. The molecule has 0 aliphatic carbocycles. The minimum absolute atomic E-state index is 0. The Hall–Kier alpha value is 0.430. The van der Waals surface area contributed by atoms with E-state index in [1.54, 1.807) is 0 Å². The van der Waals surface area contributed by atoms with Crippen LogP contribution in [0.3, 0.4) is 0 Å². The van der Waals surface area contributed by atoms with Crippen LogP contribution < -0.4 is 5.90 Å². The molecule has 2 N–H and O–H groups in total. The molecule has 0 spiro atoms. The molecule has 0 unspecified atom stereocenters. The summed E-state index contributed by atoms with van der Waals surface area (Å²) in [5, 5.41) is 0. The van der Waals surface area contributed by atoms with Crippen LogP contribution >= 0.6 is 0 Å². The first kappa shape index (κ1) is 13.1. The predicted molar refractivity (Wildman–Crippen MR) is 41.6 cm³/mol. The molecular formula is C6H14NNaO2. The van der Waals surface area contributed by atoms with Crippen molar-refractivity contribution in [1.82, 2.24) is 0 Å². The zero-order chi connectivity index (χ0) is 7.11. The summed E-state index contributed by atoms with van der Waals surface area (Å²) < 4.78 is 0. The van der Waals surface area contributed by atoms with Gasteiger partial charge in [0.05, 0.1) is 0 Å². The molecular weight excluding hydrogens is 141 g/mol. The van der Waals surface area contributed by atoms with Gasteiger partial charge in [0.15, 0.2) is 0 Å². The number of hydrogen-bond acceptors (Lipinski definition) is 3. The van der Waals surface area contributed by atoms with Crippen LogP contribution in [0.4, 0.5) is 0 Å². The SMILES string of the molecule is CCCCCC(=O)ON.[NaH]. The summed E-state index contributed by atoms with van der Waals surface area (Å²) in [6.45, 7) is 2.08. The fraction of sp³-hybridized carbons (Fsp3) is 0.833. The summed E-state index contributed by atoms with van der Waals surface area (Å²) in [5.74, 6) is 4.29. The third kappa shape index (κ3) is 8.43. The molecule has 10 heavy (non-hydrogen) atoms. The van der Waals surface area contributed by atoms with Crippen molar-refractivity contribution >= 4 is 35.5 Å². The van der Waals surface area contributed by atoms with Crippen molar-refractivity contribution in [2.75, 3.05) is 0 Å². The predicted octanol–water partition coefficient (Wildman–Crippen LogP) is 0.335. The maximum absolute atomic E-state index is 10.3. The van der Waals surface area contributed by atoms with Crippen LogP contribution in [-0.2, 0) is 9.63 Å². The Kier molecular flexibility index (Phi) is 12.3. The molecule has 0 heterocycles. The zero-order valence-electron chi connectivity index (χ0n) is 5.72. The van der Waals surface area contributed by atoms with E-state index in [2.05, 4.69) is 17.7 Å². The van der Waals surface area contributed by atoms with Gasteiger partial charge in [-0.15, -0.1) is 0 Å². The van der Waals surface area contributed by atoms with Crippen molar-refractivity contribution in [3.63, 3.8) is 0 Å². The van der Waals surface area contributed by atoms with Crippen LogP contribution in [0.15, 0.2) is 0 Å². The second-order valence-electron chi connectivity index (χ2n) is 1.95. The number of hydrogen-bond donors (Lipinski definition) is 1. The van der Waals surface area contributed by atoms with Gasteiger partial charge in [0.2, 0.25) is 0 Å². The van der Waals surface area contributed by atoms with E-state index in [9.17, 15) is 4.79 Å². The van der Waals surface area contributed by atoms with Crippen LogP contribution in [0.25, 0.3) is 0 Å². The third-order valence-corrected chi connectivity index (χ3v) is 1.12. The van der Waals surface area contributed by atoms with Gasteiger partial charge in [-0.1, -0.05) is 19.8 Å². The van der Waals surface area contributed by atoms with E-state index in [0.29, 0.717) is 6.42 Å². The van der Waals surface area contributed by atoms with Crippen molar-refractivity contribution in [3.05, 3.63) is 0 Å². The summed E-state index contributed by atoms with van der Waals surface area (Å²) in [4.78, 5) is 14.3. The molecule has 0 aromatic rings. The van der Waals surface area contributed by atoms with E-state index in [4.69, 9.17) is 0 Å². The molecule has 0 aliphatic rings. The van der Waals surface area contributed by atoms with Gasteiger partial charge in [0.25, 0.3) is 0 Å². The van der Waals surface area contributed by atoms with Crippen molar-refractivity contribution in [2.45, 2.75) is 32.6 Å². The minimum atomic E-state index is -0.316. The topological polar surface area (TPSA) is 52.3 Å². The van der Waals surface area contributed by atoms with E-state index >= 15 is 0 Å². The molecule has 0 amide bonds. The Labute approximate surface area is 83.5 Å². The fourth-order valence-corrected chi connectivity index (χ4v) is 0.578. The van der Waals surface area contributed by atoms with Gasteiger partial charge in [-0.25, -0.2) is 0 Å². The van der Waals surface area contributed by atoms with E-state index in [1.807, 2.05) is 0 Å².